The summed E-state index contributed by atoms with van der Waals surface area (Å²) in [5.74, 6) is -0.0119. The molecule has 0 aliphatic heterocycles. The first-order chi connectivity index (χ1) is 12.7. The Hall–Kier alpha value is -2.88. The highest BCUT2D eigenvalue weighted by Crippen LogP contribution is 2.24. The Bertz CT molecular complexity index is 838. The van der Waals surface area contributed by atoms with Crippen molar-refractivity contribution >= 4 is 5.91 Å². The van der Waals surface area contributed by atoms with Crippen LogP contribution in [0.1, 0.15) is 42.6 Å². The van der Waals surface area contributed by atoms with E-state index in [1.807, 2.05) is 48.1 Å². The van der Waals surface area contributed by atoms with Gasteiger partial charge in [-0.3, -0.25) is 9.48 Å². The van der Waals surface area contributed by atoms with Gasteiger partial charge in [0.25, 0.3) is 5.91 Å². The molecule has 0 saturated carbocycles. The highest BCUT2D eigenvalue weighted by atomic mass is 16.1. The molecule has 1 atom stereocenters. The number of hydrogen-bond acceptors (Lipinski definition) is 2. The fourth-order valence-corrected chi connectivity index (χ4v) is 3.11. The Morgan fingerprint density at radius 1 is 1.12 bits per heavy atom. The van der Waals surface area contributed by atoms with Gasteiger partial charge in [0.1, 0.15) is 0 Å². The molecular weight excluding hydrogens is 322 g/mol. The van der Waals surface area contributed by atoms with Gasteiger partial charge in [-0.05, 0) is 42.2 Å². The van der Waals surface area contributed by atoms with E-state index in [2.05, 4.69) is 41.6 Å². The third kappa shape index (κ3) is 4.39. The molecule has 0 radical (unpaired) electrons. The van der Waals surface area contributed by atoms with E-state index in [9.17, 15) is 4.79 Å². The minimum Gasteiger partial charge on any atom is -0.350 e. The van der Waals surface area contributed by atoms with Crippen molar-refractivity contribution < 1.29 is 4.79 Å². The second kappa shape index (κ2) is 8.48. The second-order valence-corrected chi connectivity index (χ2v) is 6.61. The standard InChI is InChI=1S/C22H25N3O/c1-3-7-17(2)24-22(26)21-9-5-4-8-20(21)19-12-10-18(11-13-19)16-25-15-6-14-23-25/h4-6,8-15,17H,3,7,16H2,1-2H3,(H,24,26)/t17-/m1/s1. The SMILES string of the molecule is CCC[C@@H](C)NC(=O)c1ccccc1-c1ccc(Cn2cccn2)cc1. The Morgan fingerprint density at radius 3 is 2.58 bits per heavy atom. The summed E-state index contributed by atoms with van der Waals surface area (Å²) in [6, 6.07) is 18.2. The first kappa shape index (κ1) is 17.9. The molecule has 4 heteroatoms. The van der Waals surface area contributed by atoms with E-state index >= 15 is 0 Å². The predicted octanol–water partition coefficient (Wildman–Crippen LogP) is 4.52. The highest BCUT2D eigenvalue weighted by Gasteiger charge is 2.14. The molecular formula is C22H25N3O. The molecule has 0 bridgehead atoms. The molecule has 1 amide bonds. The number of nitrogens with zero attached hydrogens (tertiary/aromatic N) is 2. The molecule has 0 aliphatic rings. The first-order valence-electron chi connectivity index (χ1n) is 9.14. The Balaban J connectivity index is 1.79. The third-order valence-electron chi connectivity index (χ3n) is 4.44. The van der Waals surface area contributed by atoms with Crippen molar-refractivity contribution in [1.82, 2.24) is 15.1 Å². The van der Waals surface area contributed by atoms with Gasteiger partial charge in [0.05, 0.1) is 6.54 Å². The lowest BCUT2D eigenvalue weighted by atomic mass is 9.98. The first-order valence-corrected chi connectivity index (χ1v) is 9.14. The van der Waals surface area contributed by atoms with Crippen LogP contribution in [0.2, 0.25) is 0 Å². The number of nitrogens with one attached hydrogen (secondary N) is 1. The molecule has 1 aromatic heterocycles. The minimum atomic E-state index is -0.0119. The average Bonchev–Trinajstić information content (AvgIpc) is 3.15. The van der Waals surface area contributed by atoms with E-state index in [1.54, 1.807) is 6.20 Å². The quantitative estimate of drug-likeness (QED) is 0.683. The van der Waals surface area contributed by atoms with Gasteiger partial charge < -0.3 is 5.32 Å². The summed E-state index contributed by atoms with van der Waals surface area (Å²) in [6.45, 7) is 4.92. The molecule has 4 nitrogen and oxygen atoms in total. The average molecular weight is 347 g/mol. The molecule has 0 spiro atoms. The van der Waals surface area contributed by atoms with Gasteiger partial charge in [0.15, 0.2) is 0 Å². The van der Waals surface area contributed by atoms with E-state index in [1.165, 1.54) is 5.56 Å². The lowest BCUT2D eigenvalue weighted by molar-refractivity contribution is 0.0939. The number of hydrogen-bond donors (Lipinski definition) is 1. The molecule has 3 aromatic rings. The number of carbonyl (C=O) groups is 1. The van der Waals surface area contributed by atoms with Gasteiger partial charge in [-0.2, -0.15) is 5.10 Å². The Kier molecular flexibility index (Phi) is 5.84. The van der Waals surface area contributed by atoms with Crippen molar-refractivity contribution in [2.45, 2.75) is 39.3 Å². The van der Waals surface area contributed by atoms with E-state index in [0.717, 1.165) is 36.1 Å². The van der Waals surface area contributed by atoms with Crippen molar-refractivity contribution in [3.63, 3.8) is 0 Å². The van der Waals surface area contributed by atoms with Crippen LogP contribution in [0.15, 0.2) is 67.0 Å². The zero-order valence-corrected chi connectivity index (χ0v) is 15.4. The lowest BCUT2D eigenvalue weighted by Gasteiger charge is -2.15. The highest BCUT2D eigenvalue weighted by molar-refractivity contribution is 6.01. The monoisotopic (exact) mass is 347 g/mol. The van der Waals surface area contributed by atoms with Crippen molar-refractivity contribution in [3.8, 4) is 11.1 Å². The summed E-state index contributed by atoms with van der Waals surface area (Å²) >= 11 is 0. The van der Waals surface area contributed by atoms with Crippen LogP contribution in [-0.2, 0) is 6.54 Å². The number of carbonyl (C=O) groups excluding carboxylic acids is 1. The second-order valence-electron chi connectivity index (χ2n) is 6.61. The Morgan fingerprint density at radius 2 is 1.88 bits per heavy atom. The molecule has 0 fully saturated rings. The van der Waals surface area contributed by atoms with Crippen LogP contribution >= 0.6 is 0 Å². The van der Waals surface area contributed by atoms with E-state index in [0.29, 0.717) is 0 Å². The zero-order valence-electron chi connectivity index (χ0n) is 15.4. The van der Waals surface area contributed by atoms with Crippen LogP contribution in [0.5, 0.6) is 0 Å². The van der Waals surface area contributed by atoms with Crippen LogP contribution < -0.4 is 5.32 Å². The Labute approximate surface area is 154 Å². The minimum absolute atomic E-state index is 0.0119. The lowest BCUT2D eigenvalue weighted by Crippen LogP contribution is -2.32. The summed E-state index contributed by atoms with van der Waals surface area (Å²) < 4.78 is 1.89. The molecule has 0 saturated heterocycles. The van der Waals surface area contributed by atoms with Crippen LogP contribution in [0.3, 0.4) is 0 Å². The number of rotatable bonds is 7. The largest absolute Gasteiger partial charge is 0.350 e. The van der Waals surface area contributed by atoms with E-state index in [-0.39, 0.29) is 11.9 Å². The van der Waals surface area contributed by atoms with Crippen LogP contribution in [0, 0.1) is 0 Å². The zero-order chi connectivity index (χ0) is 18.4. The van der Waals surface area contributed by atoms with Crippen LogP contribution in [0.4, 0.5) is 0 Å². The maximum atomic E-state index is 12.7. The number of amides is 1. The van der Waals surface area contributed by atoms with Gasteiger partial charge in [-0.1, -0.05) is 55.8 Å². The van der Waals surface area contributed by atoms with Gasteiger partial charge in [0.2, 0.25) is 0 Å². The van der Waals surface area contributed by atoms with E-state index in [4.69, 9.17) is 0 Å². The van der Waals surface area contributed by atoms with Crippen LogP contribution in [0.25, 0.3) is 11.1 Å². The summed E-state index contributed by atoms with van der Waals surface area (Å²) in [5, 5.41) is 7.33. The topological polar surface area (TPSA) is 46.9 Å². The summed E-state index contributed by atoms with van der Waals surface area (Å²) in [7, 11) is 0. The molecule has 26 heavy (non-hydrogen) atoms. The molecule has 0 unspecified atom stereocenters. The molecule has 2 aromatic carbocycles. The van der Waals surface area contributed by atoms with Crippen molar-refractivity contribution in [1.29, 1.82) is 0 Å². The fourth-order valence-electron chi connectivity index (χ4n) is 3.11. The van der Waals surface area contributed by atoms with Crippen molar-refractivity contribution in [3.05, 3.63) is 78.1 Å². The molecule has 1 heterocycles. The molecule has 0 aliphatic carbocycles. The summed E-state index contributed by atoms with van der Waals surface area (Å²) in [6.07, 6.45) is 5.77. The summed E-state index contributed by atoms with van der Waals surface area (Å²) in [5.41, 5.74) is 3.90. The van der Waals surface area contributed by atoms with Gasteiger partial charge in [-0.15, -0.1) is 0 Å². The fraction of sp³-hybridized carbons (Fsp3) is 0.273. The summed E-state index contributed by atoms with van der Waals surface area (Å²) in [4.78, 5) is 12.7. The maximum Gasteiger partial charge on any atom is 0.252 e. The van der Waals surface area contributed by atoms with Gasteiger partial charge in [0, 0.05) is 24.0 Å². The number of benzene rings is 2. The normalized spacial score (nSPS) is 11.9. The smallest absolute Gasteiger partial charge is 0.252 e. The van der Waals surface area contributed by atoms with Crippen LogP contribution in [-0.4, -0.2) is 21.7 Å². The predicted molar refractivity (Wildman–Crippen MR) is 105 cm³/mol. The molecule has 134 valence electrons. The van der Waals surface area contributed by atoms with Gasteiger partial charge >= 0.3 is 0 Å². The number of aromatic nitrogens is 2. The third-order valence-corrected chi connectivity index (χ3v) is 4.44. The van der Waals surface area contributed by atoms with Crippen molar-refractivity contribution in [2.75, 3.05) is 0 Å². The molecule has 3 rings (SSSR count). The molecule has 1 N–H and O–H groups in total. The maximum absolute atomic E-state index is 12.7. The van der Waals surface area contributed by atoms with Gasteiger partial charge in [-0.25, -0.2) is 0 Å². The van der Waals surface area contributed by atoms with Crippen molar-refractivity contribution in [2.24, 2.45) is 0 Å². The van der Waals surface area contributed by atoms with E-state index < -0.39 is 0 Å².